The summed E-state index contributed by atoms with van der Waals surface area (Å²) in [5.41, 5.74) is 0.650. The summed E-state index contributed by atoms with van der Waals surface area (Å²) in [6, 6.07) is 13.1. The largest absolute Gasteiger partial charge is 0.442 e. The van der Waals surface area contributed by atoms with E-state index in [1.54, 1.807) is 19.3 Å². The van der Waals surface area contributed by atoms with Crippen molar-refractivity contribution in [1.82, 2.24) is 4.98 Å². The molecule has 1 atom stereocenters. The molecule has 0 fully saturated rings. The second kappa shape index (κ2) is 6.03. The number of aromatic nitrogens is 1. The zero-order valence-electron chi connectivity index (χ0n) is 11.5. The molecule has 20 heavy (non-hydrogen) atoms. The van der Waals surface area contributed by atoms with Gasteiger partial charge in [0.05, 0.1) is 0 Å². The van der Waals surface area contributed by atoms with Crippen LogP contribution in [0.5, 0.6) is 0 Å². The van der Waals surface area contributed by atoms with Crippen LogP contribution in [0.4, 0.5) is 0 Å². The van der Waals surface area contributed by atoms with Gasteiger partial charge in [0.25, 0.3) is 0 Å². The van der Waals surface area contributed by atoms with E-state index in [9.17, 15) is 4.79 Å². The number of hydrogen-bond donors (Lipinski definition) is 0. The third-order valence-electron chi connectivity index (χ3n) is 2.78. The molecule has 0 radical (unpaired) electrons. The van der Waals surface area contributed by atoms with E-state index >= 15 is 0 Å². The lowest BCUT2D eigenvalue weighted by molar-refractivity contribution is -0.151. The minimum Gasteiger partial charge on any atom is -0.442 e. The molecule has 1 heterocycles. The number of nitrogens with zero attached hydrogens (tertiary/aromatic N) is 1. The van der Waals surface area contributed by atoms with Crippen molar-refractivity contribution in [3.8, 4) is 11.8 Å². The van der Waals surface area contributed by atoms with E-state index in [0.29, 0.717) is 0 Å². The van der Waals surface area contributed by atoms with Crippen molar-refractivity contribution in [2.75, 3.05) is 0 Å². The summed E-state index contributed by atoms with van der Waals surface area (Å²) in [6.45, 7) is 3.17. The topological polar surface area (TPSA) is 39.2 Å². The minimum atomic E-state index is -0.969. The number of carbonyl (C=O) groups is 1. The monoisotopic (exact) mass is 265 g/mol. The molecule has 0 saturated carbocycles. The molecule has 0 spiro atoms. The lowest BCUT2D eigenvalue weighted by Crippen LogP contribution is -2.26. The maximum absolute atomic E-state index is 11.3. The first-order valence-electron chi connectivity index (χ1n) is 6.28. The number of benzene rings is 1. The molecule has 100 valence electrons. The molecule has 1 aromatic heterocycles. The van der Waals surface area contributed by atoms with Gasteiger partial charge in [-0.3, -0.25) is 9.78 Å². The van der Waals surface area contributed by atoms with Gasteiger partial charge in [-0.15, -0.1) is 0 Å². The van der Waals surface area contributed by atoms with Gasteiger partial charge >= 0.3 is 5.97 Å². The number of hydrogen-bond acceptors (Lipinski definition) is 3. The first kappa shape index (κ1) is 13.8. The number of ether oxygens (including phenoxy) is 1. The molecule has 0 amide bonds. The smallest absolute Gasteiger partial charge is 0.304 e. The van der Waals surface area contributed by atoms with Crippen LogP contribution in [0.2, 0.25) is 0 Å². The maximum atomic E-state index is 11.3. The highest BCUT2D eigenvalue weighted by Gasteiger charge is 2.27. The molecule has 2 aromatic rings. The van der Waals surface area contributed by atoms with Gasteiger partial charge in [0, 0.05) is 30.4 Å². The Bertz CT molecular complexity index is 641. The summed E-state index contributed by atoms with van der Waals surface area (Å²) in [4.78, 5) is 15.4. The Hall–Kier alpha value is -2.60. The van der Waals surface area contributed by atoms with Gasteiger partial charge < -0.3 is 4.74 Å². The molecular formula is C17H15NO2. The molecule has 0 saturated heterocycles. The highest BCUT2D eigenvalue weighted by atomic mass is 16.6. The summed E-state index contributed by atoms with van der Waals surface area (Å²) in [6.07, 6.45) is 3.36. The maximum Gasteiger partial charge on any atom is 0.304 e. The van der Waals surface area contributed by atoms with E-state index in [1.165, 1.54) is 6.92 Å². The standard InChI is InChI=1S/C17H15NO2/c1-14(19)20-17(2,16-8-4-3-5-9-16)11-10-15-7-6-12-18-13-15/h3-9,12-13H,1-2H3. The number of rotatable bonds is 2. The first-order chi connectivity index (χ1) is 9.60. The molecule has 0 N–H and O–H groups in total. The summed E-state index contributed by atoms with van der Waals surface area (Å²) in [5.74, 6) is 5.66. The van der Waals surface area contributed by atoms with Crippen molar-refractivity contribution in [1.29, 1.82) is 0 Å². The Morgan fingerprint density at radius 1 is 1.20 bits per heavy atom. The molecule has 0 aliphatic heterocycles. The van der Waals surface area contributed by atoms with Gasteiger partial charge in [0.15, 0.2) is 5.60 Å². The van der Waals surface area contributed by atoms with Crippen molar-refractivity contribution in [3.63, 3.8) is 0 Å². The normalized spacial score (nSPS) is 12.7. The third kappa shape index (κ3) is 3.46. The van der Waals surface area contributed by atoms with Gasteiger partial charge in [-0.1, -0.05) is 36.3 Å². The third-order valence-corrected chi connectivity index (χ3v) is 2.78. The predicted molar refractivity (Wildman–Crippen MR) is 76.7 cm³/mol. The molecule has 3 heteroatoms. The molecule has 0 bridgehead atoms. The summed E-state index contributed by atoms with van der Waals surface area (Å²) in [7, 11) is 0. The van der Waals surface area contributed by atoms with Crippen LogP contribution < -0.4 is 0 Å². The van der Waals surface area contributed by atoms with Crippen LogP contribution in [0.15, 0.2) is 54.9 Å². The van der Waals surface area contributed by atoms with Gasteiger partial charge in [0.1, 0.15) is 0 Å². The van der Waals surface area contributed by atoms with Crippen molar-refractivity contribution in [2.45, 2.75) is 19.4 Å². The number of pyridine rings is 1. The Balaban J connectivity index is 2.39. The number of carbonyl (C=O) groups excluding carboxylic acids is 1. The fourth-order valence-electron chi connectivity index (χ4n) is 1.83. The first-order valence-corrected chi connectivity index (χ1v) is 6.28. The van der Waals surface area contributed by atoms with Crippen molar-refractivity contribution < 1.29 is 9.53 Å². The highest BCUT2D eigenvalue weighted by molar-refractivity contribution is 5.67. The van der Waals surface area contributed by atoms with Gasteiger partial charge in [-0.05, 0) is 25.0 Å². The van der Waals surface area contributed by atoms with Gasteiger partial charge in [-0.25, -0.2) is 0 Å². The van der Waals surface area contributed by atoms with Crippen LogP contribution >= 0.6 is 0 Å². The van der Waals surface area contributed by atoms with Crippen molar-refractivity contribution >= 4 is 5.97 Å². The Morgan fingerprint density at radius 3 is 2.55 bits per heavy atom. The van der Waals surface area contributed by atoms with E-state index in [1.807, 2.05) is 42.5 Å². The SMILES string of the molecule is CC(=O)OC(C)(C#Cc1cccnc1)c1ccccc1. The van der Waals surface area contributed by atoms with Crippen LogP contribution in [0.3, 0.4) is 0 Å². The lowest BCUT2D eigenvalue weighted by Gasteiger charge is -2.23. The Morgan fingerprint density at radius 2 is 1.95 bits per heavy atom. The van der Waals surface area contributed by atoms with E-state index in [0.717, 1.165) is 11.1 Å². The predicted octanol–water partition coefficient (Wildman–Crippen LogP) is 2.91. The quantitative estimate of drug-likeness (QED) is 0.619. The van der Waals surface area contributed by atoms with Gasteiger partial charge in [-0.2, -0.15) is 0 Å². The van der Waals surface area contributed by atoms with Crippen molar-refractivity contribution in [2.24, 2.45) is 0 Å². The van der Waals surface area contributed by atoms with Crippen LogP contribution in [-0.2, 0) is 15.1 Å². The van der Waals surface area contributed by atoms with Crippen LogP contribution in [0.25, 0.3) is 0 Å². The van der Waals surface area contributed by atoms with E-state index in [-0.39, 0.29) is 5.97 Å². The average molecular weight is 265 g/mol. The molecule has 1 aromatic carbocycles. The molecule has 0 aliphatic carbocycles. The van der Waals surface area contributed by atoms with Crippen molar-refractivity contribution in [3.05, 3.63) is 66.0 Å². The average Bonchev–Trinajstić information content (AvgIpc) is 2.47. The minimum absolute atomic E-state index is 0.364. The van der Waals surface area contributed by atoms with E-state index in [2.05, 4.69) is 16.8 Å². The molecule has 0 aliphatic rings. The summed E-state index contributed by atoms with van der Waals surface area (Å²) < 4.78 is 5.41. The second-order valence-electron chi connectivity index (χ2n) is 4.48. The zero-order valence-corrected chi connectivity index (χ0v) is 11.5. The van der Waals surface area contributed by atoms with E-state index < -0.39 is 5.60 Å². The fourth-order valence-corrected chi connectivity index (χ4v) is 1.83. The van der Waals surface area contributed by atoms with Crippen LogP contribution in [0, 0.1) is 11.8 Å². The Labute approximate surface area is 118 Å². The van der Waals surface area contributed by atoms with Crippen LogP contribution in [0.1, 0.15) is 25.0 Å². The Kier molecular flexibility index (Phi) is 4.17. The summed E-state index contributed by atoms with van der Waals surface area (Å²) >= 11 is 0. The molecule has 2 rings (SSSR count). The molecular weight excluding hydrogens is 250 g/mol. The zero-order chi connectivity index (χ0) is 14.4. The highest BCUT2D eigenvalue weighted by Crippen LogP contribution is 2.24. The lowest BCUT2D eigenvalue weighted by atomic mass is 9.96. The van der Waals surface area contributed by atoms with E-state index in [4.69, 9.17) is 4.74 Å². The fraction of sp³-hybridized carbons (Fsp3) is 0.176. The second-order valence-corrected chi connectivity index (χ2v) is 4.48. The van der Waals surface area contributed by atoms with Gasteiger partial charge in [0.2, 0.25) is 0 Å². The van der Waals surface area contributed by atoms with Crippen LogP contribution in [-0.4, -0.2) is 11.0 Å². The molecule has 1 unspecified atom stereocenters. The number of esters is 1. The molecule has 3 nitrogen and oxygen atoms in total. The summed E-state index contributed by atoms with van der Waals surface area (Å²) in [5, 5.41) is 0.